The van der Waals surface area contributed by atoms with Crippen LogP contribution in [0.25, 0.3) is 10.2 Å². The summed E-state index contributed by atoms with van der Waals surface area (Å²) in [6.07, 6.45) is 5.05. The first-order chi connectivity index (χ1) is 18.9. The number of nitrogens with one attached hydrogen (secondary N) is 2. The van der Waals surface area contributed by atoms with Crippen molar-refractivity contribution in [3.05, 3.63) is 66.0 Å². The fourth-order valence-electron chi connectivity index (χ4n) is 4.71. The minimum absolute atomic E-state index is 0.164. The molecule has 1 atom stereocenters. The van der Waals surface area contributed by atoms with Crippen molar-refractivity contribution in [3.8, 4) is 11.8 Å². The van der Waals surface area contributed by atoms with Gasteiger partial charge in [0.1, 0.15) is 9.71 Å². The first-order valence-electron chi connectivity index (χ1n) is 12.1. The van der Waals surface area contributed by atoms with Gasteiger partial charge >= 0.3 is 6.03 Å². The number of likely N-dealkylation sites (tertiary alicyclic amines) is 1. The van der Waals surface area contributed by atoms with Gasteiger partial charge in [0.15, 0.2) is 0 Å². The summed E-state index contributed by atoms with van der Waals surface area (Å²) >= 11 is 1.20. The predicted octanol–water partition coefficient (Wildman–Crippen LogP) is 3.78. The number of rotatable bonds is 6. The van der Waals surface area contributed by atoms with Crippen LogP contribution >= 0.6 is 11.3 Å². The van der Waals surface area contributed by atoms with Crippen LogP contribution in [0.4, 0.5) is 21.9 Å². The summed E-state index contributed by atoms with van der Waals surface area (Å²) in [5.74, 6) is 0.122. The van der Waals surface area contributed by atoms with E-state index in [-0.39, 0.29) is 17.9 Å². The third-order valence-corrected chi connectivity index (χ3v) is 7.59. The largest absolute Gasteiger partial charge is 0.419 e. The number of aromatic nitrogens is 4. The highest BCUT2D eigenvalue weighted by molar-refractivity contribution is 7.21. The maximum absolute atomic E-state index is 13.4. The van der Waals surface area contributed by atoms with Gasteiger partial charge in [0.05, 0.1) is 28.1 Å². The van der Waals surface area contributed by atoms with Gasteiger partial charge in [-0.05, 0) is 37.6 Å². The number of pyridine rings is 2. The summed E-state index contributed by atoms with van der Waals surface area (Å²) < 4.78 is 5.67. The standard InChI is InChI=1S/C26H22N8O4S/c1-3-20(35)33-12-9-15(13-33)30-24(36)23-22-21-17(8-11-27-25(21)39-23)34(26(37)31-22)16-6-7-18(29-14(16)2)38-19-5-4-10-28-32-19/h3-8,10-11,15H,1,9,12-13H2,2H3,(H,30,36)(H,31,37). The third kappa shape index (κ3) is 4.42. The van der Waals surface area contributed by atoms with Crippen LogP contribution in [0.1, 0.15) is 21.8 Å². The summed E-state index contributed by atoms with van der Waals surface area (Å²) in [5, 5.41) is 14.2. The van der Waals surface area contributed by atoms with E-state index in [2.05, 4.69) is 37.4 Å². The van der Waals surface area contributed by atoms with Gasteiger partial charge in [-0.25, -0.2) is 14.8 Å². The average Bonchev–Trinajstić information content (AvgIpc) is 3.55. The summed E-state index contributed by atoms with van der Waals surface area (Å²) in [4.78, 5) is 51.7. The molecule has 6 heterocycles. The molecule has 1 fully saturated rings. The van der Waals surface area contributed by atoms with Crippen LogP contribution in [0.2, 0.25) is 0 Å². The van der Waals surface area contributed by atoms with Crippen molar-refractivity contribution in [1.82, 2.24) is 30.4 Å². The van der Waals surface area contributed by atoms with E-state index in [4.69, 9.17) is 4.74 Å². The Morgan fingerprint density at radius 1 is 1.21 bits per heavy atom. The van der Waals surface area contributed by atoms with Crippen molar-refractivity contribution in [1.29, 1.82) is 0 Å². The molecule has 2 aliphatic rings. The molecule has 2 N–H and O–H groups in total. The number of anilines is 3. The Morgan fingerprint density at radius 3 is 2.85 bits per heavy atom. The van der Waals surface area contributed by atoms with E-state index in [9.17, 15) is 14.4 Å². The highest BCUT2D eigenvalue weighted by Gasteiger charge is 2.35. The van der Waals surface area contributed by atoms with Crippen molar-refractivity contribution in [3.63, 3.8) is 0 Å². The molecule has 6 rings (SSSR count). The molecule has 0 aromatic carbocycles. The molecule has 4 aromatic rings. The van der Waals surface area contributed by atoms with Crippen molar-refractivity contribution in [2.75, 3.05) is 23.3 Å². The first-order valence-corrected chi connectivity index (χ1v) is 12.9. The number of carbonyl (C=O) groups excluding carboxylic acids is 3. The molecule has 0 bridgehead atoms. The van der Waals surface area contributed by atoms with Crippen LogP contribution < -0.4 is 20.3 Å². The van der Waals surface area contributed by atoms with Crippen LogP contribution in [-0.4, -0.2) is 62.0 Å². The number of thiophene rings is 1. The summed E-state index contributed by atoms with van der Waals surface area (Å²) in [7, 11) is 0. The van der Waals surface area contributed by atoms with Gasteiger partial charge in [-0.1, -0.05) is 6.58 Å². The topological polar surface area (TPSA) is 143 Å². The molecule has 13 heteroatoms. The van der Waals surface area contributed by atoms with Gasteiger partial charge in [-0.15, -0.1) is 16.4 Å². The number of amides is 4. The molecule has 39 heavy (non-hydrogen) atoms. The molecule has 0 saturated carbocycles. The Bertz CT molecular complexity index is 1640. The molecule has 0 spiro atoms. The second-order valence-corrected chi connectivity index (χ2v) is 9.95. The van der Waals surface area contributed by atoms with E-state index in [1.165, 1.54) is 22.3 Å². The SMILES string of the molecule is C=CC(=O)N1CCC(NC(=O)c2sc3nccc4c3c2NC(=O)N4c2ccc(Oc3cccnn3)nc2C)C1. The lowest BCUT2D eigenvalue weighted by molar-refractivity contribution is -0.125. The highest BCUT2D eigenvalue weighted by Crippen LogP contribution is 2.46. The molecule has 4 amide bonds. The van der Waals surface area contributed by atoms with Gasteiger partial charge in [-0.3, -0.25) is 14.5 Å². The van der Waals surface area contributed by atoms with E-state index in [0.29, 0.717) is 69.1 Å². The van der Waals surface area contributed by atoms with E-state index in [0.717, 1.165) is 0 Å². The number of ether oxygens (including phenoxy) is 1. The zero-order valence-corrected chi connectivity index (χ0v) is 21.6. The Hall–Kier alpha value is -4.91. The van der Waals surface area contributed by atoms with Gasteiger partial charge in [0.2, 0.25) is 17.7 Å². The van der Waals surface area contributed by atoms with E-state index < -0.39 is 6.03 Å². The van der Waals surface area contributed by atoms with Gasteiger partial charge in [0.25, 0.3) is 5.91 Å². The highest BCUT2D eigenvalue weighted by atomic mass is 32.1. The number of hydrogen-bond donors (Lipinski definition) is 2. The lowest BCUT2D eigenvalue weighted by atomic mass is 10.1. The number of hydrogen-bond acceptors (Lipinski definition) is 9. The fraction of sp³-hybridized carbons (Fsp3) is 0.192. The van der Waals surface area contributed by atoms with Crippen LogP contribution in [-0.2, 0) is 4.79 Å². The molecular weight excluding hydrogens is 520 g/mol. The van der Waals surface area contributed by atoms with Crippen molar-refractivity contribution in [2.24, 2.45) is 0 Å². The maximum atomic E-state index is 13.4. The van der Waals surface area contributed by atoms with Crippen LogP contribution in [0.3, 0.4) is 0 Å². The third-order valence-electron chi connectivity index (χ3n) is 6.49. The Morgan fingerprint density at radius 2 is 2.08 bits per heavy atom. The molecule has 2 aliphatic heterocycles. The first kappa shape index (κ1) is 24.4. The quantitative estimate of drug-likeness (QED) is 0.351. The second kappa shape index (κ2) is 9.76. The van der Waals surface area contributed by atoms with E-state index in [1.54, 1.807) is 54.5 Å². The average molecular weight is 543 g/mol. The zero-order chi connectivity index (χ0) is 27.1. The van der Waals surface area contributed by atoms with E-state index >= 15 is 0 Å². The molecule has 196 valence electrons. The van der Waals surface area contributed by atoms with Crippen LogP contribution in [0, 0.1) is 6.92 Å². The van der Waals surface area contributed by atoms with Crippen LogP contribution in [0.5, 0.6) is 11.8 Å². The lowest BCUT2D eigenvalue weighted by Gasteiger charge is -2.29. The molecule has 1 saturated heterocycles. The molecule has 0 aliphatic carbocycles. The summed E-state index contributed by atoms with van der Waals surface area (Å²) in [5.41, 5.74) is 2.10. The van der Waals surface area contributed by atoms with Crippen molar-refractivity contribution in [2.45, 2.75) is 19.4 Å². The Balaban J connectivity index is 1.29. The Kier molecular flexibility index (Phi) is 6.11. The van der Waals surface area contributed by atoms with Crippen molar-refractivity contribution >= 4 is 56.5 Å². The maximum Gasteiger partial charge on any atom is 0.331 e. The lowest BCUT2D eigenvalue weighted by Crippen LogP contribution is -2.39. The minimum Gasteiger partial charge on any atom is -0.419 e. The normalized spacial score (nSPS) is 16.2. The van der Waals surface area contributed by atoms with Gasteiger partial charge in [0, 0.05) is 43.7 Å². The Labute approximate surface area is 226 Å². The zero-order valence-electron chi connectivity index (χ0n) is 20.7. The monoisotopic (exact) mass is 542 g/mol. The molecule has 4 aromatic heterocycles. The summed E-state index contributed by atoms with van der Waals surface area (Å²) in [6, 6.07) is 7.86. The molecule has 12 nitrogen and oxygen atoms in total. The summed E-state index contributed by atoms with van der Waals surface area (Å²) in [6.45, 7) is 6.24. The second-order valence-electron chi connectivity index (χ2n) is 8.95. The number of carbonyl (C=O) groups is 3. The minimum atomic E-state index is -0.432. The molecular formula is C26H22N8O4S. The van der Waals surface area contributed by atoms with Gasteiger partial charge in [-0.2, -0.15) is 5.10 Å². The van der Waals surface area contributed by atoms with Gasteiger partial charge < -0.3 is 20.3 Å². The smallest absolute Gasteiger partial charge is 0.331 e. The number of nitrogens with zero attached hydrogens (tertiary/aromatic N) is 6. The molecule has 1 unspecified atom stereocenters. The predicted molar refractivity (Wildman–Crippen MR) is 145 cm³/mol. The number of urea groups is 1. The van der Waals surface area contributed by atoms with Crippen LogP contribution in [0.15, 0.2) is 55.4 Å². The number of aryl methyl sites for hydroxylation is 1. The fourth-order valence-corrected chi connectivity index (χ4v) is 5.74. The van der Waals surface area contributed by atoms with E-state index in [1.807, 2.05) is 0 Å². The molecule has 0 radical (unpaired) electrons. The van der Waals surface area contributed by atoms with Crippen molar-refractivity contribution < 1.29 is 19.1 Å².